The van der Waals surface area contributed by atoms with Crippen LogP contribution in [0, 0.1) is 12.8 Å². The highest BCUT2D eigenvalue weighted by Crippen LogP contribution is 2.09. The molecule has 5 heteroatoms. The second-order valence-electron chi connectivity index (χ2n) is 4.91. The normalized spacial score (nSPS) is 14.0. The van der Waals surface area contributed by atoms with Crippen LogP contribution in [0.15, 0.2) is 10.6 Å². The van der Waals surface area contributed by atoms with Crippen molar-refractivity contribution in [2.24, 2.45) is 5.92 Å². The molecule has 2 atom stereocenters. The zero-order valence-electron chi connectivity index (χ0n) is 11.6. The van der Waals surface area contributed by atoms with Crippen LogP contribution in [0.4, 0.5) is 4.79 Å². The van der Waals surface area contributed by atoms with Crippen LogP contribution in [0.1, 0.15) is 45.1 Å². The monoisotopic (exact) mass is 253 g/mol. The Labute approximate surface area is 108 Å². The molecule has 0 aliphatic rings. The number of nitrogens with one attached hydrogen (secondary N) is 2. The summed E-state index contributed by atoms with van der Waals surface area (Å²) in [7, 11) is 0. The first kappa shape index (κ1) is 14.5. The Balaban J connectivity index is 2.25. The average Bonchev–Trinajstić information content (AvgIpc) is 2.72. The fraction of sp³-hybridized carbons (Fsp3) is 0.692. The lowest BCUT2D eigenvalue weighted by atomic mass is 10.0. The molecular formula is C13H23N3O2. The maximum Gasteiger partial charge on any atom is 0.315 e. The van der Waals surface area contributed by atoms with Crippen molar-refractivity contribution >= 4 is 6.03 Å². The average molecular weight is 253 g/mol. The van der Waals surface area contributed by atoms with Gasteiger partial charge in [0.2, 0.25) is 0 Å². The van der Waals surface area contributed by atoms with Gasteiger partial charge in [-0.15, -0.1) is 0 Å². The van der Waals surface area contributed by atoms with Gasteiger partial charge in [-0.1, -0.05) is 25.4 Å². The Morgan fingerprint density at radius 3 is 2.78 bits per heavy atom. The van der Waals surface area contributed by atoms with E-state index in [1.165, 1.54) is 0 Å². The van der Waals surface area contributed by atoms with Gasteiger partial charge in [0.25, 0.3) is 0 Å². The summed E-state index contributed by atoms with van der Waals surface area (Å²) in [6, 6.07) is 1.83. The van der Waals surface area contributed by atoms with Crippen LogP contribution in [0.25, 0.3) is 0 Å². The number of carbonyl (C=O) groups excluding carboxylic acids is 1. The van der Waals surface area contributed by atoms with Crippen LogP contribution in [-0.2, 0) is 6.54 Å². The fourth-order valence-corrected chi connectivity index (χ4v) is 1.78. The molecule has 1 rings (SSSR count). The summed E-state index contributed by atoms with van der Waals surface area (Å²) in [4.78, 5) is 11.6. The largest absolute Gasteiger partial charge is 0.361 e. The van der Waals surface area contributed by atoms with Gasteiger partial charge in [0.1, 0.15) is 11.5 Å². The molecule has 2 unspecified atom stereocenters. The number of rotatable bonds is 6. The zero-order chi connectivity index (χ0) is 13.5. The minimum absolute atomic E-state index is 0.161. The minimum Gasteiger partial charge on any atom is -0.361 e. The molecule has 2 N–H and O–H groups in total. The molecular weight excluding hydrogens is 230 g/mol. The SMILES string of the molecule is CCC(C)CC(C)NC(=O)NCc1cc(C)on1. The van der Waals surface area contributed by atoms with Gasteiger partial charge in [-0.25, -0.2) is 4.79 Å². The number of aromatic nitrogens is 1. The molecule has 0 saturated heterocycles. The molecule has 18 heavy (non-hydrogen) atoms. The molecule has 0 spiro atoms. The van der Waals surface area contributed by atoms with Crippen molar-refractivity contribution in [2.75, 3.05) is 0 Å². The predicted molar refractivity (Wildman–Crippen MR) is 70.1 cm³/mol. The molecule has 5 nitrogen and oxygen atoms in total. The quantitative estimate of drug-likeness (QED) is 0.819. The van der Waals surface area contributed by atoms with Gasteiger partial charge in [0.15, 0.2) is 0 Å². The molecule has 102 valence electrons. The highest BCUT2D eigenvalue weighted by atomic mass is 16.5. The Hall–Kier alpha value is -1.52. The van der Waals surface area contributed by atoms with E-state index in [4.69, 9.17) is 4.52 Å². The van der Waals surface area contributed by atoms with Crippen LogP contribution >= 0.6 is 0 Å². The predicted octanol–water partition coefficient (Wildman–Crippen LogP) is 2.61. The molecule has 0 radical (unpaired) electrons. The van der Waals surface area contributed by atoms with E-state index in [0.29, 0.717) is 12.5 Å². The second kappa shape index (κ2) is 7.03. The summed E-state index contributed by atoms with van der Waals surface area (Å²) in [5.41, 5.74) is 0.734. The molecule has 0 aliphatic carbocycles. The van der Waals surface area contributed by atoms with Gasteiger partial charge < -0.3 is 15.2 Å². The van der Waals surface area contributed by atoms with E-state index in [-0.39, 0.29) is 12.1 Å². The van der Waals surface area contributed by atoms with E-state index in [9.17, 15) is 4.79 Å². The first-order valence-electron chi connectivity index (χ1n) is 6.47. The van der Waals surface area contributed by atoms with Crippen LogP contribution in [0.3, 0.4) is 0 Å². The second-order valence-corrected chi connectivity index (χ2v) is 4.91. The minimum atomic E-state index is -0.161. The molecule has 0 bridgehead atoms. The van der Waals surface area contributed by atoms with Gasteiger partial charge in [-0.05, 0) is 26.2 Å². The molecule has 1 aromatic heterocycles. The van der Waals surface area contributed by atoms with Gasteiger partial charge in [0.05, 0.1) is 6.54 Å². The Morgan fingerprint density at radius 2 is 2.22 bits per heavy atom. The summed E-state index contributed by atoms with van der Waals surface area (Å²) in [5, 5.41) is 9.49. The van der Waals surface area contributed by atoms with E-state index in [1.807, 2.05) is 19.9 Å². The summed E-state index contributed by atoms with van der Waals surface area (Å²) in [5.74, 6) is 1.37. The topological polar surface area (TPSA) is 67.2 Å². The molecule has 0 aliphatic heterocycles. The van der Waals surface area contributed by atoms with E-state index in [0.717, 1.165) is 24.3 Å². The summed E-state index contributed by atoms with van der Waals surface area (Å²) in [6.45, 7) is 8.58. The lowest BCUT2D eigenvalue weighted by molar-refractivity contribution is 0.235. The zero-order valence-corrected chi connectivity index (χ0v) is 11.6. The Bertz CT molecular complexity index is 376. The summed E-state index contributed by atoms with van der Waals surface area (Å²) in [6.07, 6.45) is 2.12. The summed E-state index contributed by atoms with van der Waals surface area (Å²) >= 11 is 0. The van der Waals surface area contributed by atoms with Crippen molar-refractivity contribution in [2.45, 2.75) is 53.1 Å². The number of carbonyl (C=O) groups is 1. The smallest absolute Gasteiger partial charge is 0.315 e. The lowest BCUT2D eigenvalue weighted by Gasteiger charge is -2.17. The fourth-order valence-electron chi connectivity index (χ4n) is 1.78. The molecule has 0 saturated carbocycles. The lowest BCUT2D eigenvalue weighted by Crippen LogP contribution is -2.41. The van der Waals surface area contributed by atoms with Crippen LogP contribution in [0.2, 0.25) is 0 Å². The first-order chi connectivity index (χ1) is 8.51. The molecule has 2 amide bonds. The van der Waals surface area contributed by atoms with Crippen molar-refractivity contribution < 1.29 is 9.32 Å². The molecule has 1 aromatic rings. The number of nitrogens with zero attached hydrogens (tertiary/aromatic N) is 1. The van der Waals surface area contributed by atoms with Crippen LogP contribution in [-0.4, -0.2) is 17.2 Å². The van der Waals surface area contributed by atoms with E-state index in [2.05, 4.69) is 29.6 Å². The van der Waals surface area contributed by atoms with E-state index in [1.54, 1.807) is 0 Å². The molecule has 0 fully saturated rings. The third-order valence-electron chi connectivity index (χ3n) is 2.94. The van der Waals surface area contributed by atoms with Crippen LogP contribution < -0.4 is 10.6 Å². The van der Waals surface area contributed by atoms with E-state index < -0.39 is 0 Å². The third kappa shape index (κ3) is 5.21. The van der Waals surface area contributed by atoms with Crippen molar-refractivity contribution in [3.63, 3.8) is 0 Å². The van der Waals surface area contributed by atoms with Crippen molar-refractivity contribution in [3.8, 4) is 0 Å². The maximum atomic E-state index is 11.6. The van der Waals surface area contributed by atoms with E-state index >= 15 is 0 Å². The number of hydrogen-bond acceptors (Lipinski definition) is 3. The number of hydrogen-bond donors (Lipinski definition) is 2. The standard InChI is InChI=1S/C13H23N3O2/c1-5-9(2)6-10(3)15-13(17)14-8-12-7-11(4)18-16-12/h7,9-10H,5-6,8H2,1-4H3,(H2,14,15,17). The van der Waals surface area contributed by atoms with Crippen molar-refractivity contribution in [1.29, 1.82) is 0 Å². The number of aryl methyl sites for hydroxylation is 1. The maximum absolute atomic E-state index is 11.6. The molecule has 1 heterocycles. The Morgan fingerprint density at radius 1 is 1.50 bits per heavy atom. The van der Waals surface area contributed by atoms with Crippen LogP contribution in [0.5, 0.6) is 0 Å². The van der Waals surface area contributed by atoms with Gasteiger partial charge in [-0.2, -0.15) is 0 Å². The molecule has 0 aromatic carbocycles. The van der Waals surface area contributed by atoms with Crippen molar-refractivity contribution in [3.05, 3.63) is 17.5 Å². The van der Waals surface area contributed by atoms with Gasteiger partial charge in [-0.3, -0.25) is 0 Å². The highest BCUT2D eigenvalue weighted by molar-refractivity contribution is 5.74. The highest BCUT2D eigenvalue weighted by Gasteiger charge is 2.10. The number of urea groups is 1. The van der Waals surface area contributed by atoms with Crippen molar-refractivity contribution in [1.82, 2.24) is 15.8 Å². The number of amides is 2. The first-order valence-corrected chi connectivity index (χ1v) is 6.47. The Kier molecular flexibility index (Phi) is 5.68. The third-order valence-corrected chi connectivity index (χ3v) is 2.94. The van der Waals surface area contributed by atoms with Gasteiger partial charge >= 0.3 is 6.03 Å². The van der Waals surface area contributed by atoms with Gasteiger partial charge in [0, 0.05) is 12.1 Å². The summed E-state index contributed by atoms with van der Waals surface area (Å²) < 4.78 is 4.92.